The van der Waals surface area contributed by atoms with Gasteiger partial charge in [-0.1, -0.05) is 18.7 Å². The molecule has 1 amide bonds. The first-order chi connectivity index (χ1) is 17.6. The van der Waals surface area contributed by atoms with E-state index in [1.54, 1.807) is 0 Å². The van der Waals surface area contributed by atoms with Crippen LogP contribution in [0, 0.1) is 22.7 Å². The number of pyridine rings is 1. The lowest BCUT2D eigenvalue weighted by molar-refractivity contribution is 0.0594. The lowest BCUT2D eigenvalue weighted by atomic mass is 9.81. The highest BCUT2D eigenvalue weighted by Crippen LogP contribution is 2.36. The van der Waals surface area contributed by atoms with Crippen molar-refractivity contribution < 1.29 is 18.0 Å². The van der Waals surface area contributed by atoms with Crippen LogP contribution in [-0.2, 0) is 12.8 Å². The van der Waals surface area contributed by atoms with Gasteiger partial charge in [-0.05, 0) is 31.2 Å². The van der Waals surface area contributed by atoms with Crippen molar-refractivity contribution in [1.29, 1.82) is 10.7 Å². The van der Waals surface area contributed by atoms with Gasteiger partial charge in [-0.25, -0.2) is 28.1 Å². The number of allylic oxidation sites excluding steroid dienone is 5. The van der Waals surface area contributed by atoms with Gasteiger partial charge in [0, 0.05) is 42.4 Å². The van der Waals surface area contributed by atoms with Crippen molar-refractivity contribution in [3.63, 3.8) is 0 Å². The second-order valence-electron chi connectivity index (χ2n) is 8.69. The third-order valence-electron chi connectivity index (χ3n) is 5.98. The molecule has 1 aliphatic heterocycles. The standard InChI is InChI=1S/C26H22F3N7O/c1-14(34-24(37)20-8-6-17(11-30)12-32-20)3-7-19(27)15(2)26(25(28)29)10-21-18(23(31)36-26)13-33-22(35-21)9-16-4-5-16/h3-8,12-13,16,25H,2,9-10H2,1H3,(H2,31,36)(H,34,37)/b14-3+,19-7+/t26-/m0/s1. The minimum absolute atomic E-state index is 0.0414. The van der Waals surface area contributed by atoms with Crippen molar-refractivity contribution in [2.75, 3.05) is 0 Å². The number of hydrogen-bond donors (Lipinski definition) is 3. The van der Waals surface area contributed by atoms with E-state index < -0.39 is 29.3 Å². The van der Waals surface area contributed by atoms with Crippen LogP contribution < -0.4 is 10.6 Å². The maximum atomic E-state index is 15.1. The lowest BCUT2D eigenvalue weighted by Gasteiger charge is -2.39. The Kier molecular flexibility index (Phi) is 7.02. The summed E-state index contributed by atoms with van der Waals surface area (Å²) in [7, 11) is 0. The summed E-state index contributed by atoms with van der Waals surface area (Å²) in [4.78, 5) is 24.8. The summed E-state index contributed by atoms with van der Waals surface area (Å²) in [6, 6.07) is 4.68. The molecule has 1 aliphatic carbocycles. The Morgan fingerprint density at radius 2 is 2.11 bits per heavy atom. The third kappa shape index (κ3) is 5.48. The predicted octanol–water partition coefficient (Wildman–Crippen LogP) is 3.69. The highest BCUT2D eigenvalue weighted by atomic mass is 19.3. The number of nitrogens with one attached hydrogen (secondary N) is 3. The summed E-state index contributed by atoms with van der Waals surface area (Å²) < 4.78 is 44.0. The van der Waals surface area contributed by atoms with E-state index in [0.717, 1.165) is 6.08 Å². The highest BCUT2D eigenvalue weighted by Gasteiger charge is 2.48. The first-order valence-corrected chi connectivity index (χ1v) is 11.2. The number of rotatable bonds is 8. The van der Waals surface area contributed by atoms with Crippen molar-refractivity contribution in [2.45, 2.75) is 31.7 Å². The molecule has 2 aromatic heterocycles. The van der Waals surface area contributed by atoms with Crippen LogP contribution in [0.15, 0.2) is 72.5 Å². The number of aromatic nitrogens is 3. The molecule has 2 aliphatic rings. The molecule has 0 radical (unpaired) electrons. The van der Waals surface area contributed by atoms with Gasteiger partial charge in [-0.15, -0.1) is 0 Å². The Labute approximate surface area is 210 Å². The molecule has 188 valence electrons. The Balaban J connectivity index is 1.52. The molecule has 3 N–H and O–H groups in total. The number of nitrogens with zero attached hydrogens (tertiary/aromatic N) is 4. The Morgan fingerprint density at radius 3 is 2.73 bits per heavy atom. The number of hydrogen-bond acceptors (Lipinski definition) is 6. The smallest absolute Gasteiger partial charge is 0.273 e. The van der Waals surface area contributed by atoms with E-state index in [4.69, 9.17) is 10.7 Å². The molecule has 0 saturated carbocycles. The monoisotopic (exact) mass is 505 g/mol. The van der Waals surface area contributed by atoms with Gasteiger partial charge in [0.25, 0.3) is 12.3 Å². The molecular weight excluding hydrogens is 483 g/mol. The molecule has 3 heterocycles. The van der Waals surface area contributed by atoms with E-state index in [2.05, 4.69) is 32.2 Å². The first kappa shape index (κ1) is 25.5. The van der Waals surface area contributed by atoms with Crippen LogP contribution in [-0.4, -0.2) is 38.7 Å². The second kappa shape index (κ2) is 10.2. The van der Waals surface area contributed by atoms with Crippen LogP contribution in [0.4, 0.5) is 13.2 Å². The fourth-order valence-corrected chi connectivity index (χ4v) is 3.76. The van der Waals surface area contributed by atoms with Gasteiger partial charge < -0.3 is 10.6 Å². The average Bonchev–Trinajstić information content (AvgIpc) is 3.70. The molecule has 0 aromatic carbocycles. The quantitative estimate of drug-likeness (QED) is 0.371. The van der Waals surface area contributed by atoms with Gasteiger partial charge in [0.05, 0.1) is 16.8 Å². The number of amidine groups is 1. The summed E-state index contributed by atoms with van der Waals surface area (Å²) in [6.45, 7) is 5.05. The lowest BCUT2D eigenvalue weighted by Crippen LogP contribution is -2.60. The number of amides is 1. The number of carbonyl (C=O) groups excluding carboxylic acids is 1. The molecule has 0 unspecified atom stereocenters. The van der Waals surface area contributed by atoms with Gasteiger partial charge in [-0.2, -0.15) is 5.26 Å². The molecule has 11 heteroatoms. The molecule has 37 heavy (non-hydrogen) atoms. The van der Waals surface area contributed by atoms with Crippen LogP contribution in [0.5, 0.6) is 0 Å². The summed E-state index contributed by atoms with van der Waals surface area (Å²) in [5.74, 6) is -1.30. The molecule has 2 aromatic rings. The van der Waals surface area contributed by atoms with Gasteiger partial charge in [0.1, 0.15) is 34.8 Å². The Hall–Kier alpha value is -4.59. The normalized spacial score (nSPS) is 19.2. The van der Waals surface area contributed by atoms with Gasteiger partial charge >= 0.3 is 0 Å². The maximum absolute atomic E-state index is 15.1. The van der Waals surface area contributed by atoms with Crippen LogP contribution in [0.1, 0.15) is 40.1 Å². The minimum atomic E-state index is -3.11. The van der Waals surface area contributed by atoms with Crippen LogP contribution in [0.3, 0.4) is 0 Å². The fraction of sp³-hybridized carbons (Fsp3) is 0.231. The topological polar surface area (TPSA) is 127 Å². The minimum Gasteiger partial charge on any atom is -0.355 e. The van der Waals surface area contributed by atoms with Crippen molar-refractivity contribution in [3.05, 3.63) is 101 Å². The molecule has 0 spiro atoms. The third-order valence-corrected chi connectivity index (χ3v) is 5.98. The second-order valence-corrected chi connectivity index (χ2v) is 8.69. The van der Waals surface area contributed by atoms with Gasteiger partial charge in [-0.3, -0.25) is 10.2 Å². The summed E-state index contributed by atoms with van der Waals surface area (Å²) in [5, 5.41) is 22.0. The van der Waals surface area contributed by atoms with Crippen molar-refractivity contribution in [2.24, 2.45) is 5.92 Å². The molecule has 4 rings (SSSR count). The van der Waals surface area contributed by atoms with Gasteiger partial charge in [0.2, 0.25) is 0 Å². The van der Waals surface area contributed by atoms with Crippen LogP contribution >= 0.6 is 0 Å². The average molecular weight is 506 g/mol. The van der Waals surface area contributed by atoms with E-state index >= 15 is 4.39 Å². The molecule has 0 fully saturated rings. The number of nitriles is 1. The van der Waals surface area contributed by atoms with E-state index in [1.165, 1.54) is 37.5 Å². The maximum Gasteiger partial charge on any atom is 0.273 e. The SMILES string of the molecule is C=C(/C(F)=C\C=C(/C)NC(=O)c1ccc(C#N)cn1)[C@]1(C(F)F)Cc2nc(CC3C=C3)ncc2C(=N)N1. The zero-order valence-corrected chi connectivity index (χ0v) is 19.7. The number of carbonyl (C=O) groups is 1. The molecular formula is C26H22F3N7O. The number of halogens is 3. The van der Waals surface area contributed by atoms with Crippen molar-refractivity contribution >= 4 is 11.7 Å². The van der Waals surface area contributed by atoms with Crippen molar-refractivity contribution in [3.8, 4) is 6.07 Å². The first-order valence-electron chi connectivity index (χ1n) is 11.2. The largest absolute Gasteiger partial charge is 0.355 e. The molecule has 0 saturated heterocycles. The predicted molar refractivity (Wildman–Crippen MR) is 129 cm³/mol. The van der Waals surface area contributed by atoms with E-state index in [-0.39, 0.29) is 46.4 Å². The zero-order valence-electron chi connectivity index (χ0n) is 19.7. The van der Waals surface area contributed by atoms with E-state index in [1.807, 2.05) is 18.2 Å². The van der Waals surface area contributed by atoms with Gasteiger partial charge in [0.15, 0.2) is 0 Å². The summed E-state index contributed by atoms with van der Waals surface area (Å²) in [5.41, 5.74) is -1.80. The number of alkyl halides is 2. The van der Waals surface area contributed by atoms with Crippen molar-refractivity contribution in [1.82, 2.24) is 25.6 Å². The Morgan fingerprint density at radius 1 is 1.35 bits per heavy atom. The zero-order chi connectivity index (χ0) is 26.7. The van der Waals surface area contributed by atoms with E-state index in [0.29, 0.717) is 12.2 Å². The van der Waals surface area contributed by atoms with Crippen LogP contribution in [0.25, 0.3) is 0 Å². The fourth-order valence-electron chi connectivity index (χ4n) is 3.76. The molecule has 8 nitrogen and oxygen atoms in total. The van der Waals surface area contributed by atoms with E-state index in [9.17, 15) is 13.6 Å². The molecule has 1 atom stereocenters. The molecule has 0 bridgehead atoms. The summed E-state index contributed by atoms with van der Waals surface area (Å²) >= 11 is 0. The van der Waals surface area contributed by atoms with Crippen LogP contribution in [0.2, 0.25) is 0 Å². The summed E-state index contributed by atoms with van der Waals surface area (Å²) in [6.07, 6.45) is 5.74. The highest BCUT2D eigenvalue weighted by molar-refractivity contribution is 5.99. The number of fused-ring (bicyclic) bond motifs is 1. The Bertz CT molecular complexity index is 1400.